The van der Waals surface area contributed by atoms with Crippen LogP contribution in [0.4, 0.5) is 5.69 Å². The van der Waals surface area contributed by atoms with E-state index in [2.05, 4.69) is 11.4 Å². The zero-order valence-electron chi connectivity index (χ0n) is 16.7. The number of methoxy groups -OCH3 is 1. The lowest BCUT2D eigenvalue weighted by Crippen LogP contribution is -2.09. The molecule has 140 valence electrons. The summed E-state index contributed by atoms with van der Waals surface area (Å²) in [5.74, 6) is 0.561. The number of nitrogens with one attached hydrogen (secondary N) is 1. The molecule has 0 aliphatic rings. The highest BCUT2D eigenvalue weighted by Crippen LogP contribution is 2.37. The van der Waals surface area contributed by atoms with Crippen LogP contribution in [0.15, 0.2) is 41.0 Å². The number of ether oxygens (including phenoxy) is 1. The summed E-state index contributed by atoms with van der Waals surface area (Å²) in [6.07, 6.45) is 3.35. The molecule has 1 heterocycles. The minimum absolute atomic E-state index is 0.166. The molecule has 0 radical (unpaired) electrons. The van der Waals surface area contributed by atoms with Gasteiger partial charge in [-0.3, -0.25) is 4.79 Å². The van der Waals surface area contributed by atoms with Crippen molar-refractivity contribution in [2.45, 2.75) is 34.6 Å². The van der Waals surface area contributed by atoms with E-state index in [0.717, 1.165) is 55.8 Å². The van der Waals surface area contributed by atoms with Crippen molar-refractivity contribution in [2.24, 2.45) is 0 Å². The van der Waals surface area contributed by atoms with Gasteiger partial charge in [-0.05, 0) is 75.1 Å². The molecule has 4 nitrogen and oxygen atoms in total. The molecule has 3 aromatic rings. The Morgan fingerprint density at radius 1 is 1.07 bits per heavy atom. The fourth-order valence-electron chi connectivity index (χ4n) is 3.49. The highest BCUT2D eigenvalue weighted by molar-refractivity contribution is 6.05. The quantitative estimate of drug-likeness (QED) is 0.603. The number of carbonyl (C=O) groups is 1. The summed E-state index contributed by atoms with van der Waals surface area (Å²) in [4.78, 5) is 12.5. The topological polar surface area (TPSA) is 51.5 Å². The van der Waals surface area contributed by atoms with Gasteiger partial charge >= 0.3 is 0 Å². The van der Waals surface area contributed by atoms with Crippen molar-refractivity contribution in [3.63, 3.8) is 0 Å². The lowest BCUT2D eigenvalue weighted by molar-refractivity contribution is -0.111. The van der Waals surface area contributed by atoms with Gasteiger partial charge in [0, 0.05) is 28.3 Å². The summed E-state index contributed by atoms with van der Waals surface area (Å²) in [6.45, 7) is 9.92. The predicted octanol–water partition coefficient (Wildman–Crippen LogP) is 5.72. The van der Waals surface area contributed by atoms with E-state index in [-0.39, 0.29) is 5.91 Å². The minimum atomic E-state index is -0.166. The van der Waals surface area contributed by atoms with E-state index < -0.39 is 0 Å². The van der Waals surface area contributed by atoms with Crippen molar-refractivity contribution in [1.29, 1.82) is 0 Å². The molecule has 0 unspecified atom stereocenters. The summed E-state index contributed by atoms with van der Waals surface area (Å²) in [5, 5.41) is 3.98. The number of rotatable bonds is 4. The molecule has 0 aliphatic heterocycles. The van der Waals surface area contributed by atoms with Crippen LogP contribution in [0, 0.1) is 27.7 Å². The van der Waals surface area contributed by atoms with E-state index in [1.54, 1.807) is 19.4 Å². The number of amides is 1. The van der Waals surface area contributed by atoms with Gasteiger partial charge in [0.05, 0.1) is 13.4 Å². The zero-order chi connectivity index (χ0) is 19.7. The second kappa shape index (κ2) is 7.31. The van der Waals surface area contributed by atoms with Gasteiger partial charge in [0.15, 0.2) is 0 Å². The first-order valence-electron chi connectivity index (χ1n) is 8.93. The Hall–Kier alpha value is -3.01. The van der Waals surface area contributed by atoms with Crippen LogP contribution >= 0.6 is 0 Å². The van der Waals surface area contributed by atoms with E-state index in [9.17, 15) is 4.79 Å². The van der Waals surface area contributed by atoms with Crippen LogP contribution in [-0.4, -0.2) is 13.0 Å². The van der Waals surface area contributed by atoms with Gasteiger partial charge in [-0.2, -0.15) is 0 Å². The third kappa shape index (κ3) is 3.75. The third-order valence-electron chi connectivity index (χ3n) is 4.70. The van der Waals surface area contributed by atoms with E-state index in [1.165, 1.54) is 0 Å². The maximum Gasteiger partial charge on any atom is 0.248 e. The van der Waals surface area contributed by atoms with Crippen LogP contribution in [0.1, 0.15) is 34.7 Å². The number of anilines is 1. The molecule has 0 saturated heterocycles. The average Bonchev–Trinajstić information content (AvgIpc) is 2.95. The fourth-order valence-corrected chi connectivity index (χ4v) is 3.49. The van der Waals surface area contributed by atoms with Gasteiger partial charge in [0.2, 0.25) is 5.91 Å². The Bertz CT molecular complexity index is 1040. The van der Waals surface area contributed by atoms with Crippen LogP contribution in [0.25, 0.3) is 16.5 Å². The van der Waals surface area contributed by atoms with Crippen molar-refractivity contribution in [3.8, 4) is 5.75 Å². The molecule has 27 heavy (non-hydrogen) atoms. The molecule has 1 aromatic heterocycles. The number of aryl methyl sites for hydroxylation is 4. The Morgan fingerprint density at radius 3 is 2.37 bits per heavy atom. The van der Waals surface area contributed by atoms with E-state index in [4.69, 9.17) is 9.15 Å². The van der Waals surface area contributed by atoms with Gasteiger partial charge in [0.1, 0.15) is 11.3 Å². The van der Waals surface area contributed by atoms with Crippen molar-refractivity contribution in [3.05, 3.63) is 64.4 Å². The third-order valence-corrected chi connectivity index (χ3v) is 4.70. The number of carbonyl (C=O) groups excluding carboxylic acids is 1. The summed E-state index contributed by atoms with van der Waals surface area (Å²) in [5.41, 5.74) is 7.56. The van der Waals surface area contributed by atoms with Crippen molar-refractivity contribution < 1.29 is 13.9 Å². The van der Waals surface area contributed by atoms with Crippen LogP contribution in [0.3, 0.4) is 0 Å². The maximum atomic E-state index is 12.5. The zero-order valence-corrected chi connectivity index (χ0v) is 16.7. The SMILES string of the molecule is COc1c(/C(C)=C/C(=O)Nc2cc(C)cc(C)c2)cc2c(C)coc2c1C. The molecule has 0 bridgehead atoms. The van der Waals surface area contributed by atoms with Crippen molar-refractivity contribution in [1.82, 2.24) is 0 Å². The van der Waals surface area contributed by atoms with Gasteiger partial charge in [-0.25, -0.2) is 0 Å². The van der Waals surface area contributed by atoms with Gasteiger partial charge < -0.3 is 14.5 Å². The summed E-state index contributed by atoms with van der Waals surface area (Å²) >= 11 is 0. The first-order valence-corrected chi connectivity index (χ1v) is 8.93. The molecule has 3 rings (SSSR count). The number of hydrogen-bond donors (Lipinski definition) is 1. The van der Waals surface area contributed by atoms with Crippen molar-refractivity contribution in [2.75, 3.05) is 12.4 Å². The van der Waals surface area contributed by atoms with Crippen LogP contribution in [-0.2, 0) is 4.79 Å². The van der Waals surface area contributed by atoms with E-state index in [0.29, 0.717) is 0 Å². The van der Waals surface area contributed by atoms with Crippen LogP contribution in [0.5, 0.6) is 5.75 Å². The monoisotopic (exact) mass is 363 g/mol. The molecular weight excluding hydrogens is 338 g/mol. The highest BCUT2D eigenvalue weighted by Gasteiger charge is 2.16. The molecule has 0 saturated carbocycles. The molecule has 1 N–H and O–H groups in total. The standard InChI is InChI=1S/C23H25NO3/c1-13-7-14(2)9-18(8-13)24-21(25)10-15(3)19-11-20-16(4)12-27-23(20)17(5)22(19)26-6/h7-12H,1-6H3,(H,24,25)/b15-10+. The van der Waals surface area contributed by atoms with Gasteiger partial charge in [-0.15, -0.1) is 0 Å². The Balaban J connectivity index is 1.97. The normalized spacial score (nSPS) is 11.7. The summed E-state index contributed by atoms with van der Waals surface area (Å²) in [6, 6.07) is 8.02. The number of allylic oxidation sites excluding steroid dienone is 1. The van der Waals surface area contributed by atoms with Gasteiger partial charge in [-0.1, -0.05) is 6.07 Å². The molecule has 0 spiro atoms. The number of benzene rings is 2. The lowest BCUT2D eigenvalue weighted by atomic mass is 9.98. The Kier molecular flexibility index (Phi) is 5.08. The minimum Gasteiger partial charge on any atom is -0.496 e. The number of furan rings is 1. The smallest absolute Gasteiger partial charge is 0.248 e. The number of hydrogen-bond acceptors (Lipinski definition) is 3. The Morgan fingerprint density at radius 2 is 1.74 bits per heavy atom. The van der Waals surface area contributed by atoms with E-state index in [1.807, 2.05) is 52.8 Å². The van der Waals surface area contributed by atoms with Crippen molar-refractivity contribution >= 4 is 28.1 Å². The molecule has 1 amide bonds. The van der Waals surface area contributed by atoms with E-state index >= 15 is 0 Å². The Labute approximate surface area is 159 Å². The molecular formula is C23H25NO3. The largest absolute Gasteiger partial charge is 0.496 e. The summed E-state index contributed by atoms with van der Waals surface area (Å²) < 4.78 is 11.3. The molecule has 0 atom stereocenters. The fraction of sp³-hybridized carbons (Fsp3) is 0.261. The van der Waals surface area contributed by atoms with Crippen LogP contribution in [0.2, 0.25) is 0 Å². The molecule has 2 aromatic carbocycles. The average molecular weight is 363 g/mol. The molecule has 0 aliphatic carbocycles. The molecule has 4 heteroatoms. The first-order chi connectivity index (χ1) is 12.8. The predicted molar refractivity (Wildman–Crippen MR) is 110 cm³/mol. The second-order valence-corrected chi connectivity index (χ2v) is 7.07. The highest BCUT2D eigenvalue weighted by atomic mass is 16.5. The molecule has 0 fully saturated rings. The van der Waals surface area contributed by atoms with Crippen LogP contribution < -0.4 is 10.1 Å². The van der Waals surface area contributed by atoms with Gasteiger partial charge in [0.25, 0.3) is 0 Å². The second-order valence-electron chi connectivity index (χ2n) is 7.07. The lowest BCUT2D eigenvalue weighted by Gasteiger charge is -2.13. The first kappa shape index (κ1) is 18.8. The number of fused-ring (bicyclic) bond motifs is 1. The maximum absolute atomic E-state index is 12.5. The summed E-state index contributed by atoms with van der Waals surface area (Å²) in [7, 11) is 1.64.